The van der Waals surface area contributed by atoms with E-state index in [2.05, 4.69) is 10.6 Å². The summed E-state index contributed by atoms with van der Waals surface area (Å²) in [6.07, 6.45) is 0.467. The Morgan fingerprint density at radius 1 is 0.833 bits per heavy atom. The molecule has 204 valence electrons. The Labute approximate surface area is 221 Å². The number of esters is 1. The highest BCUT2D eigenvalue weighted by atomic mass is 32.2. The largest absolute Gasteiger partial charge is 0.460 e. The maximum Gasteiger partial charge on any atom is 0.306 e. The Hall–Kier alpha value is -2.06. The molecule has 2 amide bonds. The first-order valence-electron chi connectivity index (χ1n) is 12.6. The number of ether oxygens (including phenoxy) is 1. The third kappa shape index (κ3) is 13.3. The molecule has 0 aliphatic carbocycles. The molecule has 0 spiro atoms. The molecular weight excluding hydrogens is 476 g/mol. The SMILES string of the molecule is CC(C)(CCC(=O)OC(C)(C)C)NC(=O)CCC(C)(C)NC(=O)CC(O)C(C)(C)Sc1ccccc1. The molecule has 7 nitrogen and oxygen atoms in total. The van der Waals surface area contributed by atoms with E-state index in [9.17, 15) is 19.5 Å². The van der Waals surface area contributed by atoms with Gasteiger partial charge in [-0.3, -0.25) is 14.4 Å². The highest BCUT2D eigenvalue weighted by Crippen LogP contribution is 2.36. The molecule has 0 aliphatic heterocycles. The van der Waals surface area contributed by atoms with Gasteiger partial charge in [0.15, 0.2) is 0 Å². The van der Waals surface area contributed by atoms with Crippen LogP contribution in [0.15, 0.2) is 35.2 Å². The van der Waals surface area contributed by atoms with E-state index in [1.807, 2.05) is 92.6 Å². The highest BCUT2D eigenvalue weighted by Gasteiger charge is 2.32. The molecule has 0 aliphatic rings. The zero-order valence-electron chi connectivity index (χ0n) is 23.5. The first-order valence-corrected chi connectivity index (χ1v) is 13.4. The van der Waals surface area contributed by atoms with Gasteiger partial charge in [-0.15, -0.1) is 11.8 Å². The number of hydrogen-bond acceptors (Lipinski definition) is 6. The lowest BCUT2D eigenvalue weighted by Gasteiger charge is -2.32. The van der Waals surface area contributed by atoms with Crippen molar-refractivity contribution < 1.29 is 24.2 Å². The Bertz CT molecular complexity index is 876. The van der Waals surface area contributed by atoms with Gasteiger partial charge in [-0.25, -0.2) is 0 Å². The summed E-state index contributed by atoms with van der Waals surface area (Å²) in [4.78, 5) is 38.2. The monoisotopic (exact) mass is 522 g/mol. The van der Waals surface area contributed by atoms with Gasteiger partial charge in [-0.05, 0) is 87.3 Å². The molecule has 0 aromatic heterocycles. The van der Waals surface area contributed by atoms with Crippen LogP contribution in [0.3, 0.4) is 0 Å². The topological polar surface area (TPSA) is 105 Å². The van der Waals surface area contributed by atoms with Crippen molar-refractivity contribution >= 4 is 29.5 Å². The van der Waals surface area contributed by atoms with E-state index in [-0.39, 0.29) is 37.0 Å². The predicted molar refractivity (Wildman–Crippen MR) is 146 cm³/mol. The summed E-state index contributed by atoms with van der Waals surface area (Å²) in [5.74, 6) is -0.694. The smallest absolute Gasteiger partial charge is 0.306 e. The summed E-state index contributed by atoms with van der Waals surface area (Å²) in [7, 11) is 0. The summed E-state index contributed by atoms with van der Waals surface area (Å²) in [5.41, 5.74) is -1.72. The van der Waals surface area contributed by atoms with Crippen molar-refractivity contribution in [2.24, 2.45) is 0 Å². The van der Waals surface area contributed by atoms with Gasteiger partial charge in [0, 0.05) is 33.6 Å². The van der Waals surface area contributed by atoms with Crippen LogP contribution in [-0.2, 0) is 19.1 Å². The number of hydrogen-bond donors (Lipinski definition) is 3. The standard InChI is InChI=1S/C28H46N2O5S/c1-25(2,3)35-24(34)16-18-27(6,7)29-22(32)15-17-26(4,5)30-23(33)19-21(31)28(8,9)36-20-13-11-10-12-14-20/h10-14,21,31H,15-19H2,1-9H3,(H,29,32)(H,30,33). The maximum absolute atomic E-state index is 12.7. The quantitative estimate of drug-likeness (QED) is 0.249. The molecule has 8 heteroatoms. The number of benzene rings is 1. The second kappa shape index (κ2) is 13.0. The summed E-state index contributed by atoms with van der Waals surface area (Å²) in [6, 6.07) is 9.78. The van der Waals surface area contributed by atoms with E-state index in [4.69, 9.17) is 4.74 Å². The molecule has 36 heavy (non-hydrogen) atoms. The molecule has 0 fully saturated rings. The fourth-order valence-electron chi connectivity index (χ4n) is 3.51. The van der Waals surface area contributed by atoms with Gasteiger partial charge in [-0.2, -0.15) is 0 Å². The summed E-state index contributed by atoms with van der Waals surface area (Å²) in [5, 5.41) is 16.7. The van der Waals surface area contributed by atoms with Crippen molar-refractivity contribution in [3.05, 3.63) is 30.3 Å². The van der Waals surface area contributed by atoms with E-state index in [0.717, 1.165) is 4.90 Å². The lowest BCUT2D eigenvalue weighted by Crippen LogP contribution is -2.48. The third-order valence-electron chi connectivity index (χ3n) is 5.61. The van der Waals surface area contributed by atoms with Crippen LogP contribution in [0.4, 0.5) is 0 Å². The van der Waals surface area contributed by atoms with Gasteiger partial charge in [0.25, 0.3) is 0 Å². The number of aliphatic hydroxyl groups excluding tert-OH is 1. The molecule has 0 bridgehead atoms. The average molecular weight is 523 g/mol. The molecule has 1 aromatic carbocycles. The minimum atomic E-state index is -0.840. The molecule has 0 heterocycles. The van der Waals surface area contributed by atoms with Crippen LogP contribution >= 0.6 is 11.8 Å². The first kappa shape index (κ1) is 32.0. The van der Waals surface area contributed by atoms with Gasteiger partial charge in [0.05, 0.1) is 12.5 Å². The number of carbonyl (C=O) groups is 3. The number of aliphatic hydroxyl groups is 1. The van der Waals surface area contributed by atoms with E-state index in [0.29, 0.717) is 12.8 Å². The van der Waals surface area contributed by atoms with Crippen LogP contribution in [0.25, 0.3) is 0 Å². The van der Waals surface area contributed by atoms with Crippen molar-refractivity contribution in [3.63, 3.8) is 0 Å². The fourth-order valence-corrected chi connectivity index (χ4v) is 4.63. The van der Waals surface area contributed by atoms with Crippen molar-refractivity contribution in [1.29, 1.82) is 0 Å². The molecule has 1 rings (SSSR count). The van der Waals surface area contributed by atoms with Gasteiger partial charge >= 0.3 is 5.97 Å². The second-order valence-corrected chi connectivity index (χ2v) is 13.9. The number of thioether (sulfide) groups is 1. The van der Waals surface area contributed by atoms with Crippen LogP contribution in [-0.4, -0.2) is 50.4 Å². The Balaban J connectivity index is 2.49. The lowest BCUT2D eigenvalue weighted by atomic mass is 9.95. The molecule has 0 radical (unpaired) electrons. The molecule has 1 unspecified atom stereocenters. The number of amides is 2. The molecule has 0 saturated heterocycles. The van der Waals surface area contributed by atoms with Crippen LogP contribution in [0.2, 0.25) is 0 Å². The van der Waals surface area contributed by atoms with Crippen LogP contribution in [0.1, 0.15) is 94.4 Å². The average Bonchev–Trinajstić information content (AvgIpc) is 2.69. The van der Waals surface area contributed by atoms with Crippen molar-refractivity contribution in [3.8, 4) is 0 Å². The van der Waals surface area contributed by atoms with Crippen LogP contribution < -0.4 is 10.6 Å². The summed E-state index contributed by atoms with van der Waals surface area (Å²) in [6.45, 7) is 16.8. The maximum atomic E-state index is 12.7. The summed E-state index contributed by atoms with van der Waals surface area (Å²) >= 11 is 1.53. The predicted octanol–water partition coefficient (Wildman–Crippen LogP) is 5.00. The minimum Gasteiger partial charge on any atom is -0.460 e. The Kier molecular flexibility index (Phi) is 11.5. The summed E-state index contributed by atoms with van der Waals surface area (Å²) < 4.78 is 4.79. The zero-order valence-corrected chi connectivity index (χ0v) is 24.3. The number of rotatable bonds is 13. The molecule has 0 saturated carbocycles. The first-order chi connectivity index (χ1) is 16.3. The molecular formula is C28H46N2O5S. The van der Waals surface area contributed by atoms with Gasteiger partial charge in [0.1, 0.15) is 5.60 Å². The van der Waals surface area contributed by atoms with Crippen molar-refractivity contribution in [1.82, 2.24) is 10.6 Å². The molecule has 1 atom stereocenters. The van der Waals surface area contributed by atoms with Crippen molar-refractivity contribution in [2.75, 3.05) is 0 Å². The van der Waals surface area contributed by atoms with E-state index >= 15 is 0 Å². The van der Waals surface area contributed by atoms with Gasteiger partial charge in [0.2, 0.25) is 11.8 Å². The molecule has 1 aromatic rings. The number of carbonyl (C=O) groups excluding carboxylic acids is 3. The molecule has 3 N–H and O–H groups in total. The third-order valence-corrected chi connectivity index (χ3v) is 6.92. The van der Waals surface area contributed by atoms with Crippen molar-refractivity contribution in [2.45, 2.75) is 127 Å². The fraction of sp³-hybridized carbons (Fsp3) is 0.679. The second-order valence-electron chi connectivity index (χ2n) is 12.2. The van der Waals surface area contributed by atoms with Gasteiger partial charge in [-0.1, -0.05) is 18.2 Å². The van der Waals surface area contributed by atoms with E-state index in [1.165, 1.54) is 11.8 Å². The van der Waals surface area contributed by atoms with E-state index < -0.39 is 27.5 Å². The minimum absolute atomic E-state index is 0.0276. The highest BCUT2D eigenvalue weighted by molar-refractivity contribution is 8.00. The zero-order chi connectivity index (χ0) is 27.8. The van der Waals surface area contributed by atoms with Crippen LogP contribution in [0.5, 0.6) is 0 Å². The Morgan fingerprint density at radius 2 is 1.33 bits per heavy atom. The number of nitrogens with one attached hydrogen (secondary N) is 2. The Morgan fingerprint density at radius 3 is 1.86 bits per heavy atom. The normalized spacial score (nSPS) is 13.6. The lowest BCUT2D eigenvalue weighted by molar-refractivity contribution is -0.155. The van der Waals surface area contributed by atoms with E-state index in [1.54, 1.807) is 0 Å². The van der Waals surface area contributed by atoms with Crippen LogP contribution in [0, 0.1) is 0 Å². The van der Waals surface area contributed by atoms with Gasteiger partial charge < -0.3 is 20.5 Å².